The number of fused-ring (bicyclic) bond motifs is 1. The van der Waals surface area contributed by atoms with Crippen LogP contribution in [-0.4, -0.2) is 54.7 Å². The third-order valence-electron chi connectivity index (χ3n) is 4.44. The fraction of sp³-hybridized carbons (Fsp3) is 0.350. The van der Waals surface area contributed by atoms with Gasteiger partial charge in [-0.15, -0.1) is 0 Å². The maximum absolute atomic E-state index is 8.83. The van der Waals surface area contributed by atoms with E-state index >= 15 is 0 Å². The van der Waals surface area contributed by atoms with Crippen molar-refractivity contribution < 1.29 is 47.8 Å². The van der Waals surface area contributed by atoms with Gasteiger partial charge in [-0.2, -0.15) is 0 Å². The third kappa shape index (κ3) is 6.75. The first-order valence-electron chi connectivity index (χ1n) is 8.83. The predicted molar refractivity (Wildman–Crippen MR) is 105 cm³/mol. The van der Waals surface area contributed by atoms with Gasteiger partial charge < -0.3 is 18.9 Å². The first-order valence-corrected chi connectivity index (χ1v) is 10.2. The summed E-state index contributed by atoms with van der Waals surface area (Å²) in [4.78, 5) is 4.70. The van der Waals surface area contributed by atoms with Crippen LogP contribution in [0.4, 0.5) is 0 Å². The molecule has 0 saturated heterocycles. The van der Waals surface area contributed by atoms with E-state index in [0.29, 0.717) is 0 Å². The Morgan fingerprint density at radius 2 is 1.43 bits per heavy atom. The number of ether oxygens (including phenoxy) is 4. The van der Waals surface area contributed by atoms with E-state index in [0.717, 1.165) is 41.4 Å². The first-order chi connectivity index (χ1) is 14.2. The van der Waals surface area contributed by atoms with Crippen molar-refractivity contribution >= 4 is 6.21 Å². The molecule has 2 aromatic rings. The molecule has 0 aromatic heterocycles. The Kier molecular flexibility index (Phi) is 8.27. The molecule has 1 unspecified atom stereocenters. The number of benzene rings is 2. The van der Waals surface area contributed by atoms with Gasteiger partial charge in [0.15, 0.2) is 23.0 Å². The van der Waals surface area contributed by atoms with Crippen LogP contribution in [0.5, 0.6) is 23.0 Å². The molecule has 9 nitrogen and oxygen atoms in total. The van der Waals surface area contributed by atoms with Crippen LogP contribution >= 0.6 is 0 Å². The summed E-state index contributed by atoms with van der Waals surface area (Å²) >= 11 is 0. The monoisotopic (exact) mass is 443 g/mol. The minimum absolute atomic E-state index is 0.184. The Labute approximate surface area is 176 Å². The maximum atomic E-state index is 8.83. The van der Waals surface area contributed by atoms with Crippen LogP contribution in [0.25, 0.3) is 0 Å². The third-order valence-corrected chi connectivity index (χ3v) is 4.44. The van der Waals surface area contributed by atoms with Crippen molar-refractivity contribution in [1.29, 1.82) is 0 Å². The summed E-state index contributed by atoms with van der Waals surface area (Å²) in [6.45, 7) is 0. The second kappa shape index (κ2) is 10.5. The van der Waals surface area contributed by atoms with Crippen molar-refractivity contribution in [2.24, 2.45) is 4.99 Å². The Balaban J connectivity index is 0.000000575. The van der Waals surface area contributed by atoms with E-state index in [-0.39, 0.29) is 6.04 Å². The fourth-order valence-corrected chi connectivity index (χ4v) is 3.13. The van der Waals surface area contributed by atoms with E-state index in [1.165, 1.54) is 11.1 Å². The summed E-state index contributed by atoms with van der Waals surface area (Å²) in [5.74, 6) is 2.96. The molecule has 166 valence electrons. The van der Waals surface area contributed by atoms with Crippen LogP contribution in [0.3, 0.4) is 0 Å². The Morgan fingerprint density at radius 3 is 2.00 bits per heavy atom. The van der Waals surface area contributed by atoms with Crippen molar-refractivity contribution in [3.05, 3.63) is 47.0 Å². The summed E-state index contributed by atoms with van der Waals surface area (Å²) in [6, 6.07) is 10.2. The van der Waals surface area contributed by atoms with E-state index < -0.39 is 10.2 Å². The van der Waals surface area contributed by atoms with Crippen LogP contribution in [0.1, 0.15) is 16.7 Å². The van der Waals surface area contributed by atoms with Gasteiger partial charge >= 0.3 is 28.9 Å². The number of aliphatic imine (C=N–C) groups is 1. The number of nitrogens with zero attached hydrogens (tertiary/aromatic N) is 1. The van der Waals surface area contributed by atoms with Crippen molar-refractivity contribution in [3.8, 4) is 23.0 Å². The van der Waals surface area contributed by atoms with Gasteiger partial charge in [-0.25, -0.2) is 0 Å². The second-order valence-corrected chi connectivity index (χ2v) is 7.24. The van der Waals surface area contributed by atoms with Crippen molar-refractivity contribution in [2.45, 2.75) is 18.9 Å². The predicted octanol–water partition coefficient (Wildman–Crippen LogP) is 0.447. The molecule has 1 aliphatic rings. The zero-order chi connectivity index (χ0) is 22.3. The molecule has 10 heteroatoms. The molecule has 0 amide bonds. The molecule has 1 aliphatic heterocycles. The van der Waals surface area contributed by atoms with E-state index in [9.17, 15) is 0 Å². The standard InChI is InChI=1S/C20H23NO4.ClH3O4/c1-22-17-6-5-13(8-18(17)23-2)7-16-9-14-10-19(24-3)20(25-4)11-15(14)12-21-16;2-1(3,4)5/h5-6,8,10-12,16H,7,9H2,1-4H3;2-4H. The molecule has 0 radical (unpaired) electrons. The van der Waals surface area contributed by atoms with Crippen LogP contribution in [-0.2, 0) is 12.8 Å². The van der Waals surface area contributed by atoms with Gasteiger partial charge in [0.25, 0.3) is 0 Å². The topological polar surface area (TPSA) is 133 Å². The molecule has 0 bridgehead atoms. The normalized spacial score (nSPS) is 15.4. The number of hydrogen-bond acceptors (Lipinski definition) is 9. The molecule has 2 aromatic carbocycles. The summed E-state index contributed by atoms with van der Waals surface area (Å²) in [5, 5.41) is 0. The van der Waals surface area contributed by atoms with E-state index in [1.54, 1.807) is 28.4 Å². The summed E-state index contributed by atoms with van der Waals surface area (Å²) in [5.41, 5.74) is 3.48. The SMILES string of the molecule is COc1ccc(CC2Cc3cc(OC)c(OC)cc3C=N2)cc1OC.[O-][Cl+](O)(O)O. The van der Waals surface area contributed by atoms with Gasteiger partial charge in [-0.1, -0.05) is 6.07 Å². The quantitative estimate of drug-likeness (QED) is 0.586. The molecular weight excluding hydrogens is 418 g/mol. The average Bonchev–Trinajstić information content (AvgIpc) is 2.71. The minimum atomic E-state index is -4.19. The van der Waals surface area contributed by atoms with Gasteiger partial charge in [-0.3, -0.25) is 4.99 Å². The zero-order valence-corrected chi connectivity index (χ0v) is 17.9. The molecule has 0 fully saturated rings. The fourth-order valence-electron chi connectivity index (χ4n) is 3.13. The van der Waals surface area contributed by atoms with Crippen molar-refractivity contribution in [2.75, 3.05) is 28.4 Å². The molecular formula is C20H26ClNO8. The van der Waals surface area contributed by atoms with Gasteiger partial charge in [0.2, 0.25) is 0 Å². The molecule has 0 spiro atoms. The van der Waals surface area contributed by atoms with Crippen molar-refractivity contribution in [3.63, 3.8) is 0 Å². The van der Waals surface area contributed by atoms with Crippen LogP contribution in [0, 0.1) is 10.2 Å². The van der Waals surface area contributed by atoms with E-state index in [1.807, 2.05) is 30.5 Å². The molecule has 0 aliphatic carbocycles. The molecule has 30 heavy (non-hydrogen) atoms. The summed E-state index contributed by atoms with van der Waals surface area (Å²) in [6.07, 6.45) is 3.62. The van der Waals surface area contributed by atoms with Gasteiger partial charge in [0.1, 0.15) is 0 Å². The number of halogens is 1. The Morgan fingerprint density at radius 1 is 0.900 bits per heavy atom. The van der Waals surface area contributed by atoms with E-state index in [4.69, 9.17) is 42.6 Å². The van der Waals surface area contributed by atoms with Crippen LogP contribution in [0.15, 0.2) is 35.3 Å². The Hall–Kier alpha value is -2.56. The van der Waals surface area contributed by atoms with E-state index in [2.05, 4.69) is 6.07 Å². The van der Waals surface area contributed by atoms with Crippen LogP contribution in [0.2, 0.25) is 0 Å². The van der Waals surface area contributed by atoms with Gasteiger partial charge in [0, 0.05) is 6.21 Å². The average molecular weight is 444 g/mol. The molecule has 3 rings (SSSR count). The molecule has 1 atom stereocenters. The van der Waals surface area contributed by atoms with Gasteiger partial charge in [0.05, 0.1) is 34.5 Å². The van der Waals surface area contributed by atoms with Crippen molar-refractivity contribution in [1.82, 2.24) is 0 Å². The summed E-state index contributed by atoms with van der Waals surface area (Å²) in [7, 11) is 2.39. The second-order valence-electron chi connectivity index (χ2n) is 6.37. The Bertz CT molecular complexity index is 876. The van der Waals surface area contributed by atoms with Gasteiger partial charge in [-0.05, 0) is 53.8 Å². The molecule has 0 saturated carbocycles. The van der Waals surface area contributed by atoms with Crippen LogP contribution < -0.4 is 23.6 Å². The molecule has 3 N–H and O–H groups in total. The summed E-state index contributed by atoms with van der Waals surface area (Å²) < 4.78 is 51.7. The number of rotatable bonds is 6. The zero-order valence-electron chi connectivity index (χ0n) is 17.2. The number of hydrogen-bond donors (Lipinski definition) is 3. The molecule has 1 heterocycles. The first kappa shape index (κ1) is 23.7. The number of methoxy groups -OCH3 is 4.